The van der Waals surface area contributed by atoms with Crippen molar-refractivity contribution in [1.82, 2.24) is 0 Å². The first-order valence-electron chi connectivity index (χ1n) is 3.93. The van der Waals surface area contributed by atoms with Gasteiger partial charge in [-0.3, -0.25) is 0 Å². The van der Waals surface area contributed by atoms with Crippen LogP contribution in [0.2, 0.25) is 0 Å². The molecule has 2 unspecified atom stereocenters. The molecule has 0 saturated heterocycles. The molecule has 0 fully saturated rings. The highest BCUT2D eigenvalue weighted by atomic mass is 127. The molecule has 0 spiro atoms. The first-order valence-corrected chi connectivity index (χ1v) is 4.81. The second-order valence-electron chi connectivity index (χ2n) is 3.05. The summed E-state index contributed by atoms with van der Waals surface area (Å²) in [4.78, 5) is 11.2. The number of hydrogen-bond donors (Lipinski definition) is 0. The number of ether oxygens (including phenoxy) is 1. The van der Waals surface area contributed by atoms with Crippen LogP contribution < -0.4 is 0 Å². The molecule has 0 aromatic rings. The molecule has 0 aromatic heterocycles. The second-order valence-corrected chi connectivity index (χ2v) is 3.49. The van der Waals surface area contributed by atoms with Crippen LogP contribution in [0, 0.1) is 0 Å². The van der Waals surface area contributed by atoms with Crippen LogP contribution in [0.5, 0.6) is 0 Å². The van der Waals surface area contributed by atoms with E-state index < -0.39 is 35.5 Å². The predicted octanol–water partition coefficient (Wildman–Crippen LogP) is 2.08. The van der Waals surface area contributed by atoms with Gasteiger partial charge in [0, 0.05) is 0 Å². The van der Waals surface area contributed by atoms with Crippen molar-refractivity contribution >= 4 is 29.0 Å². The molecule has 0 aliphatic carbocycles. The van der Waals surface area contributed by atoms with Gasteiger partial charge in [-0.15, -0.1) is 0 Å². The Hall–Kier alpha value is -0.570. The fourth-order valence-electron chi connectivity index (χ4n) is 1.67. The monoisotopic (exact) mass is 332 g/mol. The molecular formula is C8H4F3IO3. The lowest BCUT2D eigenvalue weighted by Gasteiger charge is -2.14. The number of halogens is 4. The van der Waals surface area contributed by atoms with Crippen LogP contribution in [-0.2, 0) is 12.6 Å². The molecule has 82 valence electrons. The van der Waals surface area contributed by atoms with E-state index in [2.05, 4.69) is 3.07 Å². The van der Waals surface area contributed by atoms with Gasteiger partial charge in [0.2, 0.25) is 0 Å². The zero-order valence-corrected chi connectivity index (χ0v) is 9.20. The van der Waals surface area contributed by atoms with Gasteiger partial charge in [-0.05, 0) is 0 Å². The molecular weight excluding hydrogens is 328 g/mol. The molecule has 3 nitrogen and oxygen atoms in total. The van der Waals surface area contributed by atoms with E-state index in [0.717, 1.165) is 0 Å². The fourth-order valence-corrected chi connectivity index (χ4v) is 1.90. The Labute approximate surface area is 96.6 Å². The Morgan fingerprint density at radius 2 is 2.00 bits per heavy atom. The quantitative estimate of drug-likeness (QED) is 0.545. The number of fused-ring (bicyclic) bond motifs is 2. The molecule has 0 saturated carbocycles. The molecule has 2 aliphatic heterocycles. The molecule has 2 rings (SSSR count). The number of alkyl halides is 3. The molecule has 15 heavy (non-hydrogen) atoms. The number of hydrogen-bond acceptors (Lipinski definition) is 3. The van der Waals surface area contributed by atoms with Crippen molar-refractivity contribution in [1.29, 1.82) is 0 Å². The summed E-state index contributed by atoms with van der Waals surface area (Å²) in [6, 6.07) is 0. The minimum atomic E-state index is -4.57. The molecule has 0 radical (unpaired) electrons. The van der Waals surface area contributed by atoms with Crippen molar-refractivity contribution in [2.24, 2.45) is 0 Å². The molecule has 2 aliphatic rings. The SMILES string of the molecule is O=C(OI)C1=C(C(F)(F)F)C2C=CC1O2. The fraction of sp³-hybridized carbons (Fsp3) is 0.375. The van der Waals surface area contributed by atoms with Crippen LogP contribution in [0.4, 0.5) is 13.2 Å². The van der Waals surface area contributed by atoms with E-state index in [4.69, 9.17) is 4.74 Å². The summed E-state index contributed by atoms with van der Waals surface area (Å²) in [6.45, 7) is 0. The maximum Gasteiger partial charge on any atom is 0.416 e. The van der Waals surface area contributed by atoms with Gasteiger partial charge in [-0.2, -0.15) is 13.2 Å². The lowest BCUT2D eigenvalue weighted by Crippen LogP contribution is -2.24. The summed E-state index contributed by atoms with van der Waals surface area (Å²) in [5, 5.41) is 0. The van der Waals surface area contributed by atoms with E-state index in [0.29, 0.717) is 0 Å². The summed E-state index contributed by atoms with van der Waals surface area (Å²) in [6.07, 6.45) is -3.95. The number of carbonyl (C=O) groups is 1. The summed E-state index contributed by atoms with van der Waals surface area (Å²) in [5.74, 6) is -1.00. The average molecular weight is 332 g/mol. The van der Waals surface area contributed by atoms with E-state index in [-0.39, 0.29) is 0 Å². The minimum absolute atomic E-state index is 0.440. The van der Waals surface area contributed by atoms with Gasteiger partial charge in [-0.25, -0.2) is 4.79 Å². The minimum Gasteiger partial charge on any atom is -0.391 e. The topological polar surface area (TPSA) is 35.5 Å². The summed E-state index contributed by atoms with van der Waals surface area (Å²) >= 11 is 1.25. The first kappa shape index (κ1) is 10.9. The van der Waals surface area contributed by atoms with Crippen LogP contribution in [-0.4, -0.2) is 24.4 Å². The zero-order valence-electron chi connectivity index (χ0n) is 7.05. The van der Waals surface area contributed by atoms with Crippen molar-refractivity contribution in [2.75, 3.05) is 0 Å². The zero-order chi connectivity index (χ0) is 11.2. The van der Waals surface area contributed by atoms with Crippen molar-refractivity contribution in [3.63, 3.8) is 0 Å². The van der Waals surface area contributed by atoms with Gasteiger partial charge < -0.3 is 7.80 Å². The summed E-state index contributed by atoms with van der Waals surface area (Å²) in [7, 11) is 0. The number of carbonyl (C=O) groups excluding carboxylic acids is 1. The van der Waals surface area contributed by atoms with E-state index >= 15 is 0 Å². The highest BCUT2D eigenvalue weighted by Gasteiger charge is 2.51. The van der Waals surface area contributed by atoms with Crippen LogP contribution >= 0.6 is 23.0 Å². The van der Waals surface area contributed by atoms with Crippen molar-refractivity contribution in [3.8, 4) is 0 Å². The van der Waals surface area contributed by atoms with Crippen LogP contribution in [0.1, 0.15) is 0 Å². The highest BCUT2D eigenvalue weighted by Crippen LogP contribution is 2.43. The Bertz CT molecular complexity index is 372. The second kappa shape index (κ2) is 3.48. The van der Waals surface area contributed by atoms with Crippen molar-refractivity contribution < 1.29 is 25.8 Å². The van der Waals surface area contributed by atoms with Gasteiger partial charge >= 0.3 is 12.1 Å². The number of rotatable bonds is 1. The molecule has 2 bridgehead atoms. The van der Waals surface area contributed by atoms with E-state index in [1.165, 1.54) is 35.2 Å². The van der Waals surface area contributed by atoms with Crippen LogP contribution in [0.15, 0.2) is 23.3 Å². The molecule has 2 heterocycles. The Morgan fingerprint density at radius 1 is 1.40 bits per heavy atom. The maximum atomic E-state index is 12.6. The standard InChI is InChI=1S/C8H4F3IO3/c9-8(10,11)6-4-2-1-3(14-4)5(6)7(13)15-12/h1-4H. The van der Waals surface area contributed by atoms with Crippen LogP contribution in [0.3, 0.4) is 0 Å². The van der Waals surface area contributed by atoms with Gasteiger partial charge in [-0.1, -0.05) is 12.2 Å². The van der Waals surface area contributed by atoms with Gasteiger partial charge in [0.25, 0.3) is 0 Å². The maximum absolute atomic E-state index is 12.6. The van der Waals surface area contributed by atoms with E-state index in [1.54, 1.807) is 0 Å². The largest absolute Gasteiger partial charge is 0.416 e. The third kappa shape index (κ3) is 1.67. The molecule has 0 amide bonds. The average Bonchev–Trinajstić information content (AvgIpc) is 2.73. The third-order valence-electron chi connectivity index (χ3n) is 2.21. The smallest absolute Gasteiger partial charge is 0.391 e. The normalized spacial score (nSPS) is 28.8. The highest BCUT2D eigenvalue weighted by molar-refractivity contribution is 14.1. The molecule has 2 atom stereocenters. The molecule has 7 heteroatoms. The Balaban J connectivity index is 2.45. The first-order chi connectivity index (χ1) is 6.95. The third-order valence-corrected chi connectivity index (χ3v) is 2.61. The van der Waals surface area contributed by atoms with Crippen molar-refractivity contribution in [2.45, 2.75) is 18.4 Å². The molecule has 0 aromatic carbocycles. The van der Waals surface area contributed by atoms with Gasteiger partial charge in [0.15, 0.2) is 23.0 Å². The Morgan fingerprint density at radius 3 is 2.53 bits per heavy atom. The summed E-state index contributed by atoms with van der Waals surface area (Å²) < 4.78 is 47.0. The lowest BCUT2D eigenvalue weighted by atomic mass is 9.97. The Kier molecular flexibility index (Phi) is 2.53. The van der Waals surface area contributed by atoms with Gasteiger partial charge in [0.05, 0.1) is 11.1 Å². The van der Waals surface area contributed by atoms with Crippen LogP contribution in [0.25, 0.3) is 0 Å². The van der Waals surface area contributed by atoms with E-state index in [9.17, 15) is 18.0 Å². The summed E-state index contributed by atoms with van der Waals surface area (Å²) in [5.41, 5.74) is -1.39. The van der Waals surface area contributed by atoms with E-state index in [1.807, 2.05) is 0 Å². The lowest BCUT2D eigenvalue weighted by molar-refractivity contribution is -0.128. The molecule has 0 N–H and O–H groups in total. The van der Waals surface area contributed by atoms with Crippen molar-refractivity contribution in [3.05, 3.63) is 23.3 Å². The predicted molar refractivity (Wildman–Crippen MR) is 51.0 cm³/mol. The van der Waals surface area contributed by atoms with Gasteiger partial charge in [0.1, 0.15) is 12.2 Å².